The molecular formula is C20H38O3. The van der Waals surface area contributed by atoms with Crippen molar-refractivity contribution in [1.29, 1.82) is 0 Å². The number of aliphatic hydroxyl groups is 1. The van der Waals surface area contributed by atoms with Crippen LogP contribution in [0.5, 0.6) is 0 Å². The summed E-state index contributed by atoms with van der Waals surface area (Å²) in [4.78, 5) is 10.4. The van der Waals surface area contributed by atoms with E-state index in [4.69, 9.17) is 5.11 Å². The third-order valence-electron chi connectivity index (χ3n) is 5.80. The van der Waals surface area contributed by atoms with E-state index in [0.29, 0.717) is 23.7 Å². The van der Waals surface area contributed by atoms with Crippen LogP contribution in [0.1, 0.15) is 97.8 Å². The predicted octanol–water partition coefficient (Wildman–Crippen LogP) is 5.41. The fraction of sp³-hybridized carbons (Fsp3) is 0.950. The van der Waals surface area contributed by atoms with Gasteiger partial charge in [-0.3, -0.25) is 4.79 Å². The second kappa shape index (κ2) is 10.3. The van der Waals surface area contributed by atoms with Gasteiger partial charge >= 0.3 is 5.97 Å². The van der Waals surface area contributed by atoms with Crippen LogP contribution in [0.3, 0.4) is 0 Å². The maximum Gasteiger partial charge on any atom is 0.303 e. The molecular weight excluding hydrogens is 288 g/mol. The molecule has 1 aliphatic carbocycles. The number of carboxylic acid groups (broad SMARTS) is 1. The van der Waals surface area contributed by atoms with Gasteiger partial charge in [-0.1, -0.05) is 59.3 Å². The lowest BCUT2D eigenvalue weighted by atomic mass is 9.65. The summed E-state index contributed by atoms with van der Waals surface area (Å²) >= 11 is 0. The SMILES string of the molecule is CC(C)C1CCC(C)(CCCCCCCCCC(=O)O)CC1O. The van der Waals surface area contributed by atoms with Crippen LogP contribution in [0.2, 0.25) is 0 Å². The second-order valence-electron chi connectivity index (χ2n) is 8.40. The molecule has 1 saturated carbocycles. The van der Waals surface area contributed by atoms with Gasteiger partial charge in [0.15, 0.2) is 0 Å². The van der Waals surface area contributed by atoms with E-state index in [1.54, 1.807) is 0 Å². The Balaban J connectivity index is 2.06. The Hall–Kier alpha value is -0.570. The fourth-order valence-corrected chi connectivity index (χ4v) is 4.18. The first-order valence-corrected chi connectivity index (χ1v) is 9.74. The third kappa shape index (κ3) is 8.19. The molecule has 3 atom stereocenters. The standard InChI is InChI=1S/C20H38O3/c1-16(2)17-12-14-20(3,15-18(17)21)13-10-8-6-4-5-7-9-11-19(22)23/h16-18,21H,4-15H2,1-3H3,(H,22,23). The zero-order valence-electron chi connectivity index (χ0n) is 15.5. The van der Waals surface area contributed by atoms with Crippen molar-refractivity contribution in [3.63, 3.8) is 0 Å². The van der Waals surface area contributed by atoms with Crippen LogP contribution in [0.4, 0.5) is 0 Å². The summed E-state index contributed by atoms with van der Waals surface area (Å²) in [5.41, 5.74) is 0.340. The number of unbranched alkanes of at least 4 members (excludes halogenated alkanes) is 6. The summed E-state index contributed by atoms with van der Waals surface area (Å²) < 4.78 is 0. The Bertz CT molecular complexity index is 340. The molecule has 0 aromatic heterocycles. The molecule has 0 heterocycles. The molecule has 0 amide bonds. The molecule has 0 radical (unpaired) electrons. The first-order chi connectivity index (χ1) is 10.8. The molecule has 0 aromatic rings. The van der Waals surface area contributed by atoms with E-state index >= 15 is 0 Å². The number of rotatable bonds is 11. The van der Waals surface area contributed by atoms with E-state index in [2.05, 4.69) is 20.8 Å². The zero-order chi connectivity index (χ0) is 17.3. The molecule has 0 bridgehead atoms. The van der Waals surface area contributed by atoms with Gasteiger partial charge in [0.05, 0.1) is 6.10 Å². The molecule has 23 heavy (non-hydrogen) atoms. The number of hydrogen-bond acceptors (Lipinski definition) is 2. The molecule has 1 aliphatic rings. The van der Waals surface area contributed by atoms with Gasteiger partial charge in [-0.25, -0.2) is 0 Å². The molecule has 2 N–H and O–H groups in total. The highest BCUT2D eigenvalue weighted by molar-refractivity contribution is 5.66. The third-order valence-corrected chi connectivity index (χ3v) is 5.80. The number of carboxylic acids is 1. The van der Waals surface area contributed by atoms with E-state index in [9.17, 15) is 9.90 Å². The van der Waals surface area contributed by atoms with Crippen LogP contribution in [0.25, 0.3) is 0 Å². The van der Waals surface area contributed by atoms with Crippen LogP contribution in [0.15, 0.2) is 0 Å². The van der Waals surface area contributed by atoms with E-state index in [1.807, 2.05) is 0 Å². The van der Waals surface area contributed by atoms with Gasteiger partial charge in [-0.2, -0.15) is 0 Å². The minimum absolute atomic E-state index is 0.108. The maximum atomic E-state index is 10.4. The molecule has 3 heteroatoms. The van der Waals surface area contributed by atoms with Crippen molar-refractivity contribution in [3.05, 3.63) is 0 Å². The van der Waals surface area contributed by atoms with Crippen molar-refractivity contribution in [3.8, 4) is 0 Å². The fourth-order valence-electron chi connectivity index (χ4n) is 4.18. The number of hydrogen-bond donors (Lipinski definition) is 2. The van der Waals surface area contributed by atoms with Crippen LogP contribution in [0, 0.1) is 17.3 Å². The molecule has 3 nitrogen and oxygen atoms in total. The predicted molar refractivity (Wildman–Crippen MR) is 95.5 cm³/mol. The molecule has 0 aliphatic heterocycles. The van der Waals surface area contributed by atoms with Crippen molar-refractivity contribution in [2.24, 2.45) is 17.3 Å². The van der Waals surface area contributed by atoms with E-state index in [-0.39, 0.29) is 6.10 Å². The normalized spacial score (nSPS) is 28.2. The van der Waals surface area contributed by atoms with Gasteiger partial charge < -0.3 is 10.2 Å². The van der Waals surface area contributed by atoms with Crippen LogP contribution < -0.4 is 0 Å². The Labute approximate surface area is 142 Å². The van der Waals surface area contributed by atoms with Gasteiger partial charge in [-0.05, 0) is 49.4 Å². The number of aliphatic hydroxyl groups excluding tert-OH is 1. The summed E-state index contributed by atoms with van der Waals surface area (Å²) in [6.45, 7) is 6.82. The second-order valence-corrected chi connectivity index (χ2v) is 8.40. The van der Waals surface area contributed by atoms with Crippen LogP contribution >= 0.6 is 0 Å². The molecule has 0 spiro atoms. The molecule has 1 fully saturated rings. The maximum absolute atomic E-state index is 10.4. The quantitative estimate of drug-likeness (QED) is 0.499. The Kier molecular flexibility index (Phi) is 9.19. The molecule has 1 rings (SSSR count). The van der Waals surface area contributed by atoms with Crippen LogP contribution in [-0.4, -0.2) is 22.3 Å². The lowest BCUT2D eigenvalue weighted by Gasteiger charge is -2.42. The highest BCUT2D eigenvalue weighted by atomic mass is 16.4. The van der Waals surface area contributed by atoms with Crippen molar-refractivity contribution >= 4 is 5.97 Å². The van der Waals surface area contributed by atoms with Gasteiger partial charge in [-0.15, -0.1) is 0 Å². The van der Waals surface area contributed by atoms with Gasteiger partial charge in [0, 0.05) is 6.42 Å². The topological polar surface area (TPSA) is 57.5 Å². The molecule has 136 valence electrons. The molecule has 0 saturated heterocycles. The van der Waals surface area contributed by atoms with Crippen molar-refractivity contribution < 1.29 is 15.0 Å². The number of carbonyl (C=O) groups is 1. The summed E-state index contributed by atoms with van der Waals surface area (Å²) in [5, 5.41) is 19.0. The summed E-state index contributed by atoms with van der Waals surface area (Å²) in [5.74, 6) is 0.414. The van der Waals surface area contributed by atoms with Gasteiger partial charge in [0.2, 0.25) is 0 Å². The monoisotopic (exact) mass is 326 g/mol. The van der Waals surface area contributed by atoms with E-state index < -0.39 is 5.97 Å². The Morgan fingerprint density at radius 3 is 2.17 bits per heavy atom. The first kappa shape index (κ1) is 20.5. The van der Waals surface area contributed by atoms with Gasteiger partial charge in [0.1, 0.15) is 0 Å². The molecule has 0 aromatic carbocycles. The Morgan fingerprint density at radius 2 is 1.65 bits per heavy atom. The summed E-state index contributed by atoms with van der Waals surface area (Å²) in [7, 11) is 0. The average molecular weight is 327 g/mol. The lowest BCUT2D eigenvalue weighted by Crippen LogP contribution is -2.37. The average Bonchev–Trinajstić information content (AvgIpc) is 2.44. The highest BCUT2D eigenvalue weighted by Crippen LogP contribution is 2.44. The molecule has 3 unspecified atom stereocenters. The Morgan fingerprint density at radius 1 is 1.09 bits per heavy atom. The van der Waals surface area contributed by atoms with Crippen molar-refractivity contribution in [2.75, 3.05) is 0 Å². The van der Waals surface area contributed by atoms with Crippen LogP contribution in [-0.2, 0) is 4.79 Å². The number of aliphatic carboxylic acids is 1. The van der Waals surface area contributed by atoms with Crippen molar-refractivity contribution in [2.45, 2.75) is 104 Å². The smallest absolute Gasteiger partial charge is 0.303 e. The summed E-state index contributed by atoms with van der Waals surface area (Å²) in [6, 6.07) is 0. The largest absolute Gasteiger partial charge is 0.481 e. The highest BCUT2D eigenvalue weighted by Gasteiger charge is 2.37. The first-order valence-electron chi connectivity index (χ1n) is 9.74. The summed E-state index contributed by atoms with van der Waals surface area (Å²) in [6.07, 6.45) is 13.0. The minimum atomic E-state index is -0.674. The lowest BCUT2D eigenvalue weighted by molar-refractivity contribution is -0.137. The van der Waals surface area contributed by atoms with Crippen molar-refractivity contribution in [1.82, 2.24) is 0 Å². The van der Waals surface area contributed by atoms with Gasteiger partial charge in [0.25, 0.3) is 0 Å². The zero-order valence-corrected chi connectivity index (χ0v) is 15.5. The van der Waals surface area contributed by atoms with E-state index in [1.165, 1.54) is 51.4 Å². The minimum Gasteiger partial charge on any atom is -0.481 e. The van der Waals surface area contributed by atoms with E-state index in [0.717, 1.165) is 19.3 Å².